The lowest BCUT2D eigenvalue weighted by atomic mass is 10.1. The van der Waals surface area contributed by atoms with Crippen LogP contribution in [0.15, 0.2) is 66.2 Å². The maximum absolute atomic E-state index is 11.1. The molecule has 2 rings (SSSR count). The number of aliphatic hydroxyl groups is 1. The normalized spacial score (nSPS) is 12.1. The molecule has 0 amide bonds. The van der Waals surface area contributed by atoms with Crippen LogP contribution in [0.5, 0.6) is 0 Å². The highest BCUT2D eigenvalue weighted by Crippen LogP contribution is 2.21. The van der Waals surface area contributed by atoms with E-state index in [1.807, 2.05) is 37.3 Å². The Kier molecular flexibility index (Phi) is 14.4. The number of unbranched alkanes of at least 4 members (excludes halogenated alkanes) is 2. The van der Waals surface area contributed by atoms with Gasteiger partial charge in [-0.25, -0.2) is 4.79 Å². The molecule has 180 valence electrons. The van der Waals surface area contributed by atoms with Crippen molar-refractivity contribution < 1.29 is 24.5 Å². The molecule has 0 unspecified atom stereocenters. The van der Waals surface area contributed by atoms with E-state index in [1.54, 1.807) is 12.1 Å². The Balaban J connectivity index is 0.00000265. The maximum Gasteiger partial charge on any atom is 0.335 e. The van der Waals surface area contributed by atoms with Crippen molar-refractivity contribution in [2.45, 2.75) is 45.8 Å². The molecule has 0 bridgehead atoms. The predicted molar refractivity (Wildman–Crippen MR) is 131 cm³/mol. The summed E-state index contributed by atoms with van der Waals surface area (Å²) >= 11 is 0. The van der Waals surface area contributed by atoms with Crippen LogP contribution in [-0.4, -0.2) is 54.2 Å². The van der Waals surface area contributed by atoms with E-state index in [-0.39, 0.29) is 11.7 Å². The number of carbonyl (C=O) groups excluding carboxylic acids is 1. The molecule has 0 spiro atoms. The van der Waals surface area contributed by atoms with E-state index in [0.29, 0.717) is 26.1 Å². The predicted octanol–water partition coefficient (Wildman–Crippen LogP) is 4.89. The van der Waals surface area contributed by atoms with Crippen LogP contribution in [0.2, 0.25) is 0 Å². The number of rotatable bonds is 14. The lowest BCUT2D eigenvalue weighted by Gasteiger charge is -2.28. The van der Waals surface area contributed by atoms with Gasteiger partial charge in [0.1, 0.15) is 6.29 Å². The fourth-order valence-electron chi connectivity index (χ4n) is 3.28. The number of benzene rings is 2. The first-order chi connectivity index (χ1) is 16.0. The number of aldehydes is 1. The lowest BCUT2D eigenvalue weighted by molar-refractivity contribution is -0.107. The van der Waals surface area contributed by atoms with Gasteiger partial charge in [0.15, 0.2) is 0 Å². The fourth-order valence-corrected chi connectivity index (χ4v) is 3.28. The minimum Gasteiger partial charge on any atom is -0.478 e. The molecule has 0 radical (unpaired) electrons. The zero-order chi connectivity index (χ0) is 24.5. The second kappa shape index (κ2) is 16.8. The first-order valence-corrected chi connectivity index (χ1v) is 11.2. The van der Waals surface area contributed by atoms with E-state index < -0.39 is 5.97 Å². The number of carbonyl (C=O) groups is 2. The van der Waals surface area contributed by atoms with Gasteiger partial charge >= 0.3 is 5.97 Å². The molecule has 2 aromatic carbocycles. The smallest absolute Gasteiger partial charge is 0.335 e. The molecule has 0 aromatic heterocycles. The van der Waals surface area contributed by atoms with Gasteiger partial charge < -0.3 is 19.7 Å². The second-order valence-electron chi connectivity index (χ2n) is 7.74. The van der Waals surface area contributed by atoms with E-state index in [2.05, 4.69) is 30.0 Å². The van der Waals surface area contributed by atoms with Crippen molar-refractivity contribution in [3.8, 4) is 0 Å². The molecule has 6 heteroatoms. The molecule has 2 N–H and O–H groups in total. The summed E-state index contributed by atoms with van der Waals surface area (Å²) in [4.78, 5) is 24.1. The zero-order valence-corrected chi connectivity index (χ0v) is 19.9. The molecule has 6 nitrogen and oxygen atoms in total. The minimum atomic E-state index is -0.922. The summed E-state index contributed by atoms with van der Waals surface area (Å²) in [6.45, 7) is 6.88. The first kappa shape index (κ1) is 28.2. The number of allylic oxidation sites excluding steroid dienone is 1. The third kappa shape index (κ3) is 11.1. The van der Waals surface area contributed by atoms with Crippen LogP contribution >= 0.6 is 0 Å². The van der Waals surface area contributed by atoms with Gasteiger partial charge in [-0.05, 0) is 56.5 Å². The van der Waals surface area contributed by atoms with E-state index in [1.165, 1.54) is 5.57 Å². The lowest BCUT2D eigenvalue weighted by Crippen LogP contribution is -2.31. The standard InChI is InChI=1S/C26H33NO4.CH4O/c1-3-21(2)20-31-25(23-10-6-4-7-11-23)19-27(16-8-5-9-17-28)18-22-12-14-24(15-13-22)26(29)30;1-2/h3-4,6-7,10-15,17,25H,5,8-9,16,18-20H2,1-2H3,(H,29,30);2H,1H3/b21-3+;/t25-;/m0./s1. The van der Waals surface area contributed by atoms with Gasteiger partial charge in [0.2, 0.25) is 0 Å². The molecule has 0 saturated heterocycles. The van der Waals surface area contributed by atoms with Crippen molar-refractivity contribution in [3.63, 3.8) is 0 Å². The zero-order valence-electron chi connectivity index (χ0n) is 19.9. The average molecular weight is 456 g/mol. The number of hydrogen-bond acceptors (Lipinski definition) is 5. The van der Waals surface area contributed by atoms with Crippen molar-refractivity contribution >= 4 is 12.3 Å². The van der Waals surface area contributed by atoms with Crippen LogP contribution in [0, 0.1) is 0 Å². The van der Waals surface area contributed by atoms with E-state index in [9.17, 15) is 9.59 Å². The highest BCUT2D eigenvalue weighted by molar-refractivity contribution is 5.87. The van der Waals surface area contributed by atoms with Crippen molar-refractivity contribution in [1.29, 1.82) is 0 Å². The number of aromatic carboxylic acids is 1. The third-order valence-electron chi connectivity index (χ3n) is 5.25. The summed E-state index contributed by atoms with van der Waals surface area (Å²) in [6.07, 6.45) is 5.28. The van der Waals surface area contributed by atoms with Gasteiger partial charge in [0.05, 0.1) is 18.3 Å². The molecule has 0 aliphatic carbocycles. The Hall–Kier alpha value is -2.80. The molecule has 0 aliphatic heterocycles. The molecule has 0 saturated carbocycles. The quantitative estimate of drug-likeness (QED) is 0.240. The number of carboxylic acids is 1. The summed E-state index contributed by atoms with van der Waals surface area (Å²) in [5, 5.41) is 16.1. The van der Waals surface area contributed by atoms with Crippen molar-refractivity contribution in [1.82, 2.24) is 4.90 Å². The Bertz CT molecular complexity index is 833. The van der Waals surface area contributed by atoms with Gasteiger partial charge in [0.25, 0.3) is 0 Å². The Morgan fingerprint density at radius 1 is 1.06 bits per heavy atom. The summed E-state index contributed by atoms with van der Waals surface area (Å²) < 4.78 is 6.28. The molecule has 33 heavy (non-hydrogen) atoms. The maximum atomic E-state index is 11.1. The van der Waals surface area contributed by atoms with Gasteiger partial charge in [-0.2, -0.15) is 0 Å². The van der Waals surface area contributed by atoms with Crippen LogP contribution < -0.4 is 0 Å². The van der Waals surface area contributed by atoms with Gasteiger partial charge in [-0.15, -0.1) is 0 Å². The number of nitrogens with zero attached hydrogens (tertiary/aromatic N) is 1. The third-order valence-corrected chi connectivity index (χ3v) is 5.25. The average Bonchev–Trinajstić information content (AvgIpc) is 2.86. The number of hydrogen-bond donors (Lipinski definition) is 2. The second-order valence-corrected chi connectivity index (χ2v) is 7.74. The number of ether oxygens (including phenoxy) is 1. The van der Waals surface area contributed by atoms with Gasteiger partial charge in [-0.3, -0.25) is 4.90 Å². The molecular formula is C27H37NO5. The van der Waals surface area contributed by atoms with E-state index in [0.717, 1.165) is 43.9 Å². The van der Waals surface area contributed by atoms with Crippen LogP contribution in [0.1, 0.15) is 60.7 Å². The van der Waals surface area contributed by atoms with Gasteiger partial charge in [-0.1, -0.05) is 54.1 Å². The Morgan fingerprint density at radius 3 is 2.30 bits per heavy atom. The molecule has 0 aliphatic rings. The van der Waals surface area contributed by atoms with E-state index >= 15 is 0 Å². The molecular weight excluding hydrogens is 418 g/mol. The van der Waals surface area contributed by atoms with Crippen LogP contribution in [0.25, 0.3) is 0 Å². The molecule has 0 fully saturated rings. The minimum absolute atomic E-state index is 0.0829. The summed E-state index contributed by atoms with van der Waals surface area (Å²) in [7, 11) is 1.00. The monoisotopic (exact) mass is 455 g/mol. The highest BCUT2D eigenvalue weighted by Gasteiger charge is 2.18. The van der Waals surface area contributed by atoms with Crippen molar-refractivity contribution in [2.75, 3.05) is 26.8 Å². The van der Waals surface area contributed by atoms with E-state index in [4.69, 9.17) is 14.9 Å². The van der Waals surface area contributed by atoms with Crippen LogP contribution in [0.4, 0.5) is 0 Å². The van der Waals surface area contributed by atoms with Crippen LogP contribution in [-0.2, 0) is 16.1 Å². The summed E-state index contributed by atoms with van der Waals surface area (Å²) in [5.41, 5.74) is 3.65. The van der Waals surface area contributed by atoms with Crippen molar-refractivity contribution in [2.24, 2.45) is 0 Å². The van der Waals surface area contributed by atoms with Crippen molar-refractivity contribution in [3.05, 3.63) is 82.9 Å². The fraction of sp³-hybridized carbons (Fsp3) is 0.407. The molecule has 2 aromatic rings. The SMILES string of the molecule is C/C=C(\C)CO[C@@H](CN(CCCCC=O)Cc1ccc(C(=O)O)cc1)c1ccccc1.CO. The number of aliphatic hydroxyl groups excluding tert-OH is 1. The summed E-state index contributed by atoms with van der Waals surface area (Å²) in [5.74, 6) is -0.922. The first-order valence-electron chi connectivity index (χ1n) is 11.2. The molecule has 1 atom stereocenters. The van der Waals surface area contributed by atoms with Gasteiger partial charge in [0, 0.05) is 26.6 Å². The van der Waals surface area contributed by atoms with Crippen LogP contribution in [0.3, 0.4) is 0 Å². The topological polar surface area (TPSA) is 87.1 Å². The Labute approximate surface area is 197 Å². The highest BCUT2D eigenvalue weighted by atomic mass is 16.5. The number of carboxylic acid groups (broad SMARTS) is 1. The molecule has 0 heterocycles. The largest absolute Gasteiger partial charge is 0.478 e. The summed E-state index contributed by atoms with van der Waals surface area (Å²) in [6, 6.07) is 17.2. The Morgan fingerprint density at radius 2 is 1.73 bits per heavy atom.